The van der Waals surface area contributed by atoms with Gasteiger partial charge in [0.05, 0.1) is 17.1 Å². The normalized spacial score (nSPS) is 10.7. The minimum atomic E-state index is -0.512. The number of benzene rings is 1. The molecule has 0 aliphatic heterocycles. The molecule has 0 N–H and O–H groups in total. The molecule has 0 unspecified atom stereocenters. The first-order valence-corrected chi connectivity index (χ1v) is 9.28. The average Bonchev–Trinajstić information content (AvgIpc) is 3.22. The number of esters is 1. The molecule has 1 aromatic carbocycles. The van der Waals surface area contributed by atoms with E-state index in [0.717, 1.165) is 6.20 Å². The Kier molecular flexibility index (Phi) is 7.17. The van der Waals surface area contributed by atoms with Crippen molar-refractivity contribution in [3.63, 3.8) is 0 Å². The first-order chi connectivity index (χ1) is 14.5. The lowest BCUT2D eigenvalue weighted by atomic mass is 10.2. The molecule has 0 saturated heterocycles. The summed E-state index contributed by atoms with van der Waals surface area (Å²) >= 11 is 0. The number of hydrogen-bond donors (Lipinski definition) is 0. The van der Waals surface area contributed by atoms with E-state index >= 15 is 0 Å². The Morgan fingerprint density at radius 1 is 1.20 bits per heavy atom. The van der Waals surface area contributed by atoms with Gasteiger partial charge >= 0.3 is 5.97 Å². The van der Waals surface area contributed by atoms with Crippen LogP contribution in [0.1, 0.15) is 34.7 Å². The summed E-state index contributed by atoms with van der Waals surface area (Å²) in [6.45, 7) is 2.57. The largest absolute Gasteiger partial charge is 0.462 e. The number of pyridine rings is 1. The van der Waals surface area contributed by atoms with E-state index in [9.17, 15) is 14.9 Å². The van der Waals surface area contributed by atoms with Crippen molar-refractivity contribution in [3.8, 4) is 11.5 Å². The number of nitro groups is 1. The van der Waals surface area contributed by atoms with E-state index < -0.39 is 4.92 Å². The van der Waals surface area contributed by atoms with Crippen molar-refractivity contribution in [1.82, 2.24) is 15.1 Å². The number of aromatic nitrogens is 3. The quantitative estimate of drug-likeness (QED) is 0.212. The van der Waals surface area contributed by atoms with Crippen molar-refractivity contribution in [2.75, 3.05) is 13.2 Å². The van der Waals surface area contributed by atoms with Crippen LogP contribution in [0.25, 0.3) is 11.5 Å². The fraction of sp³-hybridized carbons (Fsp3) is 0.300. The van der Waals surface area contributed by atoms with Gasteiger partial charge in [0, 0.05) is 12.7 Å². The molecule has 0 radical (unpaired) electrons. The predicted octanol–water partition coefficient (Wildman–Crippen LogP) is 3.50. The van der Waals surface area contributed by atoms with E-state index in [1.807, 2.05) is 6.07 Å². The summed E-state index contributed by atoms with van der Waals surface area (Å²) in [7, 11) is 0. The molecule has 10 nitrogen and oxygen atoms in total. The Bertz CT molecular complexity index is 1010. The second-order valence-electron chi connectivity index (χ2n) is 6.39. The molecule has 0 aliphatic carbocycles. The van der Waals surface area contributed by atoms with Gasteiger partial charge < -0.3 is 14.0 Å². The van der Waals surface area contributed by atoms with Gasteiger partial charge in [-0.05, 0) is 37.5 Å². The Hall–Kier alpha value is -3.66. The SMILES string of the molecule is Cc1cc([N+](=O)[O-])cnc1-c1noc(COCCCCOC(=O)c2ccccc2)n1. The lowest BCUT2D eigenvalue weighted by Gasteiger charge is -2.05. The van der Waals surface area contributed by atoms with Crippen molar-refractivity contribution in [2.45, 2.75) is 26.4 Å². The molecular weight excluding hydrogens is 392 g/mol. The number of hydrogen-bond acceptors (Lipinski definition) is 9. The summed E-state index contributed by atoms with van der Waals surface area (Å²) in [6, 6.07) is 10.2. The third kappa shape index (κ3) is 5.67. The number of carbonyl (C=O) groups excluding carboxylic acids is 1. The van der Waals surface area contributed by atoms with Crippen LogP contribution in [0.4, 0.5) is 5.69 Å². The minimum absolute atomic E-state index is 0.0993. The molecule has 10 heteroatoms. The first-order valence-electron chi connectivity index (χ1n) is 9.28. The van der Waals surface area contributed by atoms with Crippen molar-refractivity contribution >= 4 is 11.7 Å². The lowest BCUT2D eigenvalue weighted by Crippen LogP contribution is -2.07. The predicted molar refractivity (Wildman–Crippen MR) is 105 cm³/mol. The average molecular weight is 412 g/mol. The Morgan fingerprint density at radius 3 is 2.70 bits per heavy atom. The van der Waals surface area contributed by atoms with Gasteiger partial charge in [-0.2, -0.15) is 4.98 Å². The van der Waals surface area contributed by atoms with Gasteiger partial charge in [-0.25, -0.2) is 9.78 Å². The number of unbranched alkanes of at least 4 members (excludes halogenated alkanes) is 1. The van der Waals surface area contributed by atoms with Gasteiger partial charge in [0.1, 0.15) is 18.5 Å². The maximum atomic E-state index is 11.8. The topological polar surface area (TPSA) is 130 Å². The van der Waals surface area contributed by atoms with Crippen molar-refractivity contribution in [1.29, 1.82) is 0 Å². The summed E-state index contributed by atoms with van der Waals surface area (Å²) < 4.78 is 15.8. The summed E-state index contributed by atoms with van der Waals surface area (Å²) in [6.07, 6.45) is 2.52. The zero-order valence-corrected chi connectivity index (χ0v) is 16.3. The zero-order chi connectivity index (χ0) is 21.3. The third-order valence-corrected chi connectivity index (χ3v) is 4.11. The number of nitrogens with zero attached hydrogens (tertiary/aromatic N) is 4. The van der Waals surface area contributed by atoms with Gasteiger partial charge in [0.25, 0.3) is 11.6 Å². The Balaban J connectivity index is 1.37. The lowest BCUT2D eigenvalue weighted by molar-refractivity contribution is -0.385. The molecule has 0 fully saturated rings. The highest BCUT2D eigenvalue weighted by Crippen LogP contribution is 2.22. The molecule has 0 spiro atoms. The highest BCUT2D eigenvalue weighted by molar-refractivity contribution is 5.89. The third-order valence-electron chi connectivity index (χ3n) is 4.11. The molecule has 0 aliphatic rings. The fourth-order valence-corrected chi connectivity index (χ4v) is 2.59. The second-order valence-corrected chi connectivity index (χ2v) is 6.39. The van der Waals surface area contributed by atoms with Gasteiger partial charge in [-0.1, -0.05) is 23.4 Å². The smallest absolute Gasteiger partial charge is 0.338 e. The van der Waals surface area contributed by atoms with E-state index in [0.29, 0.717) is 42.9 Å². The van der Waals surface area contributed by atoms with Crippen LogP contribution < -0.4 is 0 Å². The van der Waals surface area contributed by atoms with Crippen LogP contribution in [-0.2, 0) is 16.1 Å². The molecule has 0 bridgehead atoms. The van der Waals surface area contributed by atoms with E-state index in [4.69, 9.17) is 14.0 Å². The molecule has 0 amide bonds. The minimum Gasteiger partial charge on any atom is -0.462 e. The molecule has 2 aromatic heterocycles. The van der Waals surface area contributed by atoms with E-state index in [-0.39, 0.29) is 30.0 Å². The monoisotopic (exact) mass is 412 g/mol. The molecular formula is C20H20N4O6. The first kappa shape index (κ1) is 21.1. The molecule has 0 atom stereocenters. The summed E-state index contributed by atoms with van der Waals surface area (Å²) in [5, 5.41) is 14.6. The molecule has 156 valence electrons. The maximum Gasteiger partial charge on any atom is 0.338 e. The highest BCUT2D eigenvalue weighted by Gasteiger charge is 2.16. The van der Waals surface area contributed by atoms with Crippen LogP contribution in [0.15, 0.2) is 47.1 Å². The fourth-order valence-electron chi connectivity index (χ4n) is 2.59. The molecule has 3 rings (SSSR count). The number of ether oxygens (including phenoxy) is 2. The van der Waals surface area contributed by atoms with Gasteiger partial charge in [-0.15, -0.1) is 0 Å². The Morgan fingerprint density at radius 2 is 1.97 bits per heavy atom. The highest BCUT2D eigenvalue weighted by atomic mass is 16.6. The van der Waals surface area contributed by atoms with Crippen LogP contribution in [0.2, 0.25) is 0 Å². The Labute approximate surface area is 172 Å². The van der Waals surface area contributed by atoms with E-state index in [1.54, 1.807) is 31.2 Å². The van der Waals surface area contributed by atoms with Crippen LogP contribution in [0, 0.1) is 17.0 Å². The van der Waals surface area contributed by atoms with Crippen LogP contribution >= 0.6 is 0 Å². The zero-order valence-electron chi connectivity index (χ0n) is 16.3. The summed E-state index contributed by atoms with van der Waals surface area (Å²) in [4.78, 5) is 30.3. The van der Waals surface area contributed by atoms with Crippen LogP contribution in [-0.4, -0.2) is 39.2 Å². The second kappa shape index (κ2) is 10.2. The van der Waals surface area contributed by atoms with Gasteiger partial charge in [-0.3, -0.25) is 10.1 Å². The molecule has 0 saturated carbocycles. The summed E-state index contributed by atoms with van der Waals surface area (Å²) in [5.74, 6) is 0.180. The van der Waals surface area contributed by atoms with Crippen molar-refractivity contribution in [2.24, 2.45) is 0 Å². The van der Waals surface area contributed by atoms with Crippen molar-refractivity contribution < 1.29 is 23.7 Å². The van der Waals surface area contributed by atoms with Crippen LogP contribution in [0.3, 0.4) is 0 Å². The summed E-state index contributed by atoms with van der Waals surface area (Å²) in [5.41, 5.74) is 1.41. The van der Waals surface area contributed by atoms with E-state index in [1.165, 1.54) is 6.07 Å². The van der Waals surface area contributed by atoms with Gasteiger partial charge in [0.15, 0.2) is 0 Å². The van der Waals surface area contributed by atoms with E-state index in [2.05, 4.69) is 15.1 Å². The van der Waals surface area contributed by atoms with Crippen LogP contribution in [0.5, 0.6) is 0 Å². The molecule has 30 heavy (non-hydrogen) atoms. The number of rotatable bonds is 10. The standard InChI is InChI=1S/C20H20N4O6/c1-14-11-16(24(26)27)12-21-18(14)19-22-17(30-23-19)13-28-9-5-6-10-29-20(25)15-7-3-2-4-8-15/h2-4,7-8,11-12H,5-6,9-10,13H2,1H3. The van der Waals surface area contributed by atoms with Crippen molar-refractivity contribution in [3.05, 3.63) is 69.7 Å². The number of aryl methyl sites for hydroxylation is 1. The number of carbonyl (C=O) groups is 1. The van der Waals surface area contributed by atoms with Gasteiger partial charge in [0.2, 0.25) is 5.82 Å². The maximum absolute atomic E-state index is 11.8. The molecule has 2 heterocycles. The molecule has 3 aromatic rings.